The number of ether oxygens (including phenoxy) is 2. The number of aromatic nitrogens is 1. The maximum Gasteiger partial charge on any atom is 0.272 e. The van der Waals surface area contributed by atoms with E-state index in [2.05, 4.69) is 4.98 Å². The van der Waals surface area contributed by atoms with Crippen LogP contribution < -0.4 is 9.47 Å². The maximum absolute atomic E-state index is 13.4. The van der Waals surface area contributed by atoms with E-state index in [4.69, 9.17) is 9.47 Å². The van der Waals surface area contributed by atoms with E-state index in [1.807, 2.05) is 18.7 Å². The first-order valence-corrected chi connectivity index (χ1v) is 9.84. The third kappa shape index (κ3) is 3.81. The molecule has 0 aliphatic carbocycles. The Morgan fingerprint density at radius 2 is 2.00 bits per heavy atom. The fourth-order valence-electron chi connectivity index (χ4n) is 3.97. The lowest BCUT2D eigenvalue weighted by Crippen LogP contribution is -2.51. The molecule has 5 nitrogen and oxygen atoms in total. The summed E-state index contributed by atoms with van der Waals surface area (Å²) in [4.78, 5) is 18.9. The molecule has 1 aromatic carbocycles. The molecule has 4 rings (SSSR count). The number of halogens is 1. The molecule has 1 saturated heterocycles. The van der Waals surface area contributed by atoms with Crippen molar-refractivity contribution in [2.75, 3.05) is 13.1 Å². The topological polar surface area (TPSA) is 51.7 Å². The molecule has 1 spiro atoms. The van der Waals surface area contributed by atoms with Crippen LogP contribution in [0.2, 0.25) is 0 Å². The molecule has 0 unspecified atom stereocenters. The van der Waals surface area contributed by atoms with Gasteiger partial charge in [-0.2, -0.15) is 0 Å². The van der Waals surface area contributed by atoms with Crippen LogP contribution in [0.4, 0.5) is 4.39 Å². The van der Waals surface area contributed by atoms with E-state index in [-0.39, 0.29) is 23.4 Å². The van der Waals surface area contributed by atoms with Crippen LogP contribution in [0.25, 0.3) is 0 Å². The van der Waals surface area contributed by atoms with E-state index in [9.17, 15) is 9.18 Å². The van der Waals surface area contributed by atoms with Crippen molar-refractivity contribution in [1.29, 1.82) is 0 Å². The molecule has 0 radical (unpaired) electrons. The molecular formula is C22H25FN2O3. The van der Waals surface area contributed by atoms with Crippen LogP contribution in [0.3, 0.4) is 0 Å². The highest BCUT2D eigenvalue weighted by atomic mass is 19.1. The zero-order valence-electron chi connectivity index (χ0n) is 16.3. The Morgan fingerprint density at radius 1 is 1.21 bits per heavy atom. The van der Waals surface area contributed by atoms with Crippen LogP contribution in [-0.4, -0.2) is 40.6 Å². The summed E-state index contributed by atoms with van der Waals surface area (Å²) in [7, 11) is 0. The van der Waals surface area contributed by atoms with Crippen molar-refractivity contribution >= 4 is 5.91 Å². The minimum absolute atomic E-state index is 0.0655. The third-order valence-corrected chi connectivity index (χ3v) is 5.49. The summed E-state index contributed by atoms with van der Waals surface area (Å²) in [6.45, 7) is 5.15. The number of hydrogen-bond acceptors (Lipinski definition) is 4. The summed E-state index contributed by atoms with van der Waals surface area (Å²) in [5.74, 6) is 1.14. The molecule has 1 aromatic heterocycles. The predicted octanol–water partition coefficient (Wildman–Crippen LogP) is 4.01. The van der Waals surface area contributed by atoms with Gasteiger partial charge >= 0.3 is 0 Å². The second kappa shape index (κ2) is 7.41. The Kier molecular flexibility index (Phi) is 4.96. The smallest absolute Gasteiger partial charge is 0.272 e. The van der Waals surface area contributed by atoms with Crippen LogP contribution in [0.15, 0.2) is 36.5 Å². The minimum Gasteiger partial charge on any atom is -0.489 e. The van der Waals surface area contributed by atoms with Crippen LogP contribution >= 0.6 is 0 Å². The van der Waals surface area contributed by atoms with Crippen molar-refractivity contribution in [2.24, 2.45) is 0 Å². The molecule has 3 heterocycles. The maximum atomic E-state index is 13.4. The van der Waals surface area contributed by atoms with Gasteiger partial charge in [-0.1, -0.05) is 0 Å². The Hall–Kier alpha value is -2.63. The van der Waals surface area contributed by atoms with Gasteiger partial charge in [-0.25, -0.2) is 9.37 Å². The number of rotatable bonds is 3. The van der Waals surface area contributed by atoms with Gasteiger partial charge in [0.25, 0.3) is 5.91 Å². The highest BCUT2D eigenvalue weighted by molar-refractivity contribution is 5.92. The van der Waals surface area contributed by atoms with Gasteiger partial charge in [0.1, 0.15) is 28.6 Å². The number of piperidine rings is 1. The molecule has 6 heteroatoms. The van der Waals surface area contributed by atoms with Gasteiger partial charge in [0.2, 0.25) is 0 Å². The molecule has 0 N–H and O–H groups in total. The quantitative estimate of drug-likeness (QED) is 0.802. The standard InChI is InChI=1S/C22H25FN2O3/c1-15(2)27-18-4-5-19(24-14-18)21(26)25-11-9-22(10-12-25)8-7-16-13-17(23)3-6-20(16)28-22/h3-6,13-15H,7-12H2,1-2H3. The molecule has 0 atom stereocenters. The number of pyridine rings is 1. The summed E-state index contributed by atoms with van der Waals surface area (Å²) < 4.78 is 25.2. The van der Waals surface area contributed by atoms with E-state index in [0.29, 0.717) is 24.5 Å². The number of amides is 1. The second-order valence-electron chi connectivity index (χ2n) is 7.88. The molecule has 2 aliphatic rings. The van der Waals surface area contributed by atoms with E-state index in [1.54, 1.807) is 30.5 Å². The zero-order chi connectivity index (χ0) is 19.7. The van der Waals surface area contributed by atoms with Gasteiger partial charge in [0, 0.05) is 25.9 Å². The molecule has 0 saturated carbocycles. The Labute approximate surface area is 164 Å². The molecule has 1 amide bonds. The monoisotopic (exact) mass is 384 g/mol. The van der Waals surface area contributed by atoms with E-state index in [0.717, 1.165) is 37.0 Å². The Bertz CT molecular complexity index is 859. The first-order chi connectivity index (χ1) is 13.4. The normalized spacial score (nSPS) is 17.9. The fourth-order valence-corrected chi connectivity index (χ4v) is 3.97. The summed E-state index contributed by atoms with van der Waals surface area (Å²) >= 11 is 0. The van der Waals surface area contributed by atoms with Gasteiger partial charge < -0.3 is 14.4 Å². The van der Waals surface area contributed by atoms with Crippen LogP contribution in [0.1, 0.15) is 49.2 Å². The van der Waals surface area contributed by atoms with Gasteiger partial charge in [-0.15, -0.1) is 0 Å². The van der Waals surface area contributed by atoms with Crippen molar-refractivity contribution in [1.82, 2.24) is 9.88 Å². The van der Waals surface area contributed by atoms with Crippen molar-refractivity contribution < 1.29 is 18.7 Å². The van der Waals surface area contributed by atoms with Gasteiger partial charge in [-0.05, 0) is 62.6 Å². The number of aryl methyl sites for hydroxylation is 1. The largest absolute Gasteiger partial charge is 0.489 e. The number of likely N-dealkylation sites (tertiary alicyclic amines) is 1. The molecular weight excluding hydrogens is 359 g/mol. The van der Waals surface area contributed by atoms with E-state index >= 15 is 0 Å². The molecule has 2 aliphatic heterocycles. The first-order valence-electron chi connectivity index (χ1n) is 9.84. The van der Waals surface area contributed by atoms with Gasteiger partial charge in [0.15, 0.2) is 0 Å². The summed E-state index contributed by atoms with van der Waals surface area (Å²) in [5, 5.41) is 0. The average Bonchev–Trinajstić information content (AvgIpc) is 2.69. The number of nitrogens with zero attached hydrogens (tertiary/aromatic N) is 2. The minimum atomic E-state index is -0.260. The summed E-state index contributed by atoms with van der Waals surface area (Å²) in [5.41, 5.74) is 1.10. The number of carbonyl (C=O) groups excluding carboxylic acids is 1. The Morgan fingerprint density at radius 3 is 2.68 bits per heavy atom. The molecule has 28 heavy (non-hydrogen) atoms. The first kappa shape index (κ1) is 18.7. The van der Waals surface area contributed by atoms with Gasteiger partial charge in [0.05, 0.1) is 12.3 Å². The zero-order valence-corrected chi connectivity index (χ0v) is 16.3. The summed E-state index contributed by atoms with van der Waals surface area (Å²) in [6.07, 6.45) is 4.86. The third-order valence-electron chi connectivity index (χ3n) is 5.49. The predicted molar refractivity (Wildman–Crippen MR) is 103 cm³/mol. The average molecular weight is 384 g/mol. The molecule has 2 aromatic rings. The van der Waals surface area contributed by atoms with Crippen molar-refractivity contribution in [3.05, 3.63) is 53.6 Å². The van der Waals surface area contributed by atoms with Crippen LogP contribution in [0, 0.1) is 5.82 Å². The lowest BCUT2D eigenvalue weighted by molar-refractivity contribution is -0.0109. The van der Waals surface area contributed by atoms with Crippen molar-refractivity contribution in [3.63, 3.8) is 0 Å². The van der Waals surface area contributed by atoms with Crippen molar-refractivity contribution in [2.45, 2.75) is 51.2 Å². The molecule has 1 fully saturated rings. The lowest BCUT2D eigenvalue weighted by atomic mass is 9.83. The number of hydrogen-bond donors (Lipinski definition) is 0. The van der Waals surface area contributed by atoms with E-state index < -0.39 is 0 Å². The number of benzene rings is 1. The second-order valence-corrected chi connectivity index (χ2v) is 7.88. The SMILES string of the molecule is CC(C)Oc1ccc(C(=O)N2CCC3(CCc4cc(F)ccc4O3)CC2)nc1. The highest BCUT2D eigenvalue weighted by Gasteiger charge is 2.40. The van der Waals surface area contributed by atoms with E-state index in [1.165, 1.54) is 6.07 Å². The van der Waals surface area contributed by atoms with Gasteiger partial charge in [-0.3, -0.25) is 4.79 Å². The highest BCUT2D eigenvalue weighted by Crippen LogP contribution is 2.39. The summed E-state index contributed by atoms with van der Waals surface area (Å²) in [6, 6.07) is 8.21. The Balaban J connectivity index is 1.39. The number of carbonyl (C=O) groups is 1. The molecule has 0 bridgehead atoms. The van der Waals surface area contributed by atoms with Crippen LogP contribution in [-0.2, 0) is 6.42 Å². The van der Waals surface area contributed by atoms with Crippen molar-refractivity contribution in [3.8, 4) is 11.5 Å². The lowest BCUT2D eigenvalue weighted by Gasteiger charge is -2.44. The number of fused-ring (bicyclic) bond motifs is 1. The molecule has 148 valence electrons. The van der Waals surface area contributed by atoms with Crippen LogP contribution in [0.5, 0.6) is 11.5 Å². The fraction of sp³-hybridized carbons (Fsp3) is 0.455.